The molecule has 0 bridgehead atoms. The second-order valence-electron chi connectivity index (χ2n) is 3.73. The summed E-state index contributed by atoms with van der Waals surface area (Å²) >= 11 is 0. The fraction of sp³-hybridized carbons (Fsp3) is 0.700. The van der Waals surface area contributed by atoms with Crippen LogP contribution in [-0.2, 0) is 0 Å². The van der Waals surface area contributed by atoms with Gasteiger partial charge < -0.3 is 15.6 Å². The second kappa shape index (κ2) is 5.60. The first kappa shape index (κ1) is 12.6. The van der Waals surface area contributed by atoms with Gasteiger partial charge in [-0.1, -0.05) is 25.4 Å². The minimum absolute atomic E-state index is 0.0376. The molecule has 2 unspecified atom stereocenters. The summed E-state index contributed by atoms with van der Waals surface area (Å²) in [5.41, 5.74) is 5.91. The van der Waals surface area contributed by atoms with Crippen LogP contribution in [0.3, 0.4) is 0 Å². The van der Waals surface area contributed by atoms with Crippen molar-refractivity contribution in [2.45, 2.75) is 33.2 Å². The smallest absolute Gasteiger partial charge is 0.292 e. The van der Waals surface area contributed by atoms with Crippen LogP contribution in [0.4, 0.5) is 0 Å². The fourth-order valence-electron chi connectivity index (χ4n) is 1.20. The largest absolute Gasteiger partial charge is 0.349 e. The molecule has 0 spiro atoms. The highest BCUT2D eigenvalue weighted by atomic mass is 16.5. The van der Waals surface area contributed by atoms with E-state index in [1.165, 1.54) is 0 Å². The zero-order chi connectivity index (χ0) is 12.1. The lowest BCUT2D eigenvalue weighted by Gasteiger charge is -2.12. The van der Waals surface area contributed by atoms with Gasteiger partial charge in [-0.15, -0.1) is 0 Å². The summed E-state index contributed by atoms with van der Waals surface area (Å²) in [5, 5.41) is 6.19. The molecule has 0 aliphatic heterocycles. The van der Waals surface area contributed by atoms with Crippen molar-refractivity contribution in [1.82, 2.24) is 15.5 Å². The Bertz CT molecular complexity index is 350. The molecule has 1 aromatic rings. The number of hydrogen-bond acceptors (Lipinski definition) is 5. The number of carbonyl (C=O) groups excluding carboxylic acids is 1. The first-order chi connectivity index (χ1) is 7.60. The van der Waals surface area contributed by atoms with Crippen LogP contribution >= 0.6 is 0 Å². The summed E-state index contributed by atoms with van der Waals surface area (Å²) in [6, 6.07) is -0.319. The van der Waals surface area contributed by atoms with E-state index < -0.39 is 0 Å². The zero-order valence-electron chi connectivity index (χ0n) is 9.86. The average Bonchev–Trinajstić information content (AvgIpc) is 2.76. The van der Waals surface area contributed by atoms with Crippen LogP contribution in [-0.4, -0.2) is 22.6 Å². The van der Waals surface area contributed by atoms with E-state index in [2.05, 4.69) is 15.5 Å². The van der Waals surface area contributed by atoms with Crippen LogP contribution in [0.5, 0.6) is 0 Å². The molecule has 0 radical (unpaired) electrons. The van der Waals surface area contributed by atoms with E-state index >= 15 is 0 Å². The minimum Gasteiger partial charge on any atom is -0.349 e. The molecule has 0 saturated heterocycles. The first-order valence-electron chi connectivity index (χ1n) is 5.47. The van der Waals surface area contributed by atoms with Crippen molar-refractivity contribution in [3.05, 3.63) is 11.7 Å². The lowest BCUT2D eigenvalue weighted by atomic mass is 10.0. The van der Waals surface area contributed by atoms with E-state index in [1.54, 1.807) is 0 Å². The van der Waals surface area contributed by atoms with Gasteiger partial charge in [-0.05, 0) is 12.8 Å². The third-order valence-corrected chi connectivity index (χ3v) is 2.52. The van der Waals surface area contributed by atoms with Crippen molar-refractivity contribution in [2.24, 2.45) is 11.7 Å². The molecule has 16 heavy (non-hydrogen) atoms. The van der Waals surface area contributed by atoms with Gasteiger partial charge in [0.2, 0.25) is 5.89 Å². The van der Waals surface area contributed by atoms with Gasteiger partial charge in [0, 0.05) is 6.54 Å². The summed E-state index contributed by atoms with van der Waals surface area (Å²) in [5.74, 6) is 0.252. The Labute approximate surface area is 94.6 Å². The van der Waals surface area contributed by atoms with Crippen molar-refractivity contribution in [3.63, 3.8) is 0 Å². The van der Waals surface area contributed by atoms with E-state index in [4.69, 9.17) is 10.3 Å². The number of hydrogen-bond donors (Lipinski definition) is 2. The number of nitrogens with two attached hydrogens (primary N) is 1. The molecule has 1 heterocycles. The van der Waals surface area contributed by atoms with E-state index in [0.717, 1.165) is 6.42 Å². The van der Waals surface area contributed by atoms with Gasteiger partial charge in [0.05, 0.1) is 6.04 Å². The van der Waals surface area contributed by atoms with E-state index in [1.807, 2.05) is 20.8 Å². The van der Waals surface area contributed by atoms with Gasteiger partial charge >= 0.3 is 0 Å². The van der Waals surface area contributed by atoms with Gasteiger partial charge in [-0.2, -0.15) is 4.98 Å². The van der Waals surface area contributed by atoms with E-state index in [9.17, 15) is 4.79 Å². The molecule has 90 valence electrons. The Morgan fingerprint density at radius 1 is 1.56 bits per heavy atom. The molecule has 3 N–H and O–H groups in total. The molecule has 0 aliphatic rings. The summed E-state index contributed by atoms with van der Waals surface area (Å²) < 4.78 is 4.97. The Balaban J connectivity index is 2.74. The SMILES string of the molecule is CCNC(=O)c1noc(C(N)C(C)CC)n1. The van der Waals surface area contributed by atoms with Crippen molar-refractivity contribution in [1.29, 1.82) is 0 Å². The third-order valence-electron chi connectivity index (χ3n) is 2.52. The van der Waals surface area contributed by atoms with E-state index in [0.29, 0.717) is 12.4 Å². The third kappa shape index (κ3) is 2.79. The molecule has 1 aromatic heterocycles. The molecule has 1 rings (SSSR count). The van der Waals surface area contributed by atoms with E-state index in [-0.39, 0.29) is 23.7 Å². The average molecular weight is 226 g/mol. The molecular formula is C10H18N4O2. The quantitative estimate of drug-likeness (QED) is 0.776. The Kier molecular flexibility index (Phi) is 4.42. The normalized spacial score (nSPS) is 14.5. The van der Waals surface area contributed by atoms with Crippen molar-refractivity contribution < 1.29 is 9.32 Å². The highest BCUT2D eigenvalue weighted by Crippen LogP contribution is 2.19. The number of amides is 1. The maximum absolute atomic E-state index is 11.4. The zero-order valence-corrected chi connectivity index (χ0v) is 9.86. The van der Waals surface area contributed by atoms with Crippen molar-refractivity contribution >= 4 is 5.91 Å². The molecule has 0 fully saturated rings. The Morgan fingerprint density at radius 2 is 2.25 bits per heavy atom. The molecule has 2 atom stereocenters. The predicted octanol–water partition coefficient (Wildman–Crippen LogP) is 0.865. The Morgan fingerprint density at radius 3 is 2.81 bits per heavy atom. The predicted molar refractivity (Wildman–Crippen MR) is 58.7 cm³/mol. The lowest BCUT2D eigenvalue weighted by Crippen LogP contribution is -2.24. The van der Waals surface area contributed by atoms with Gasteiger partial charge in [-0.3, -0.25) is 4.79 Å². The van der Waals surface area contributed by atoms with Crippen LogP contribution in [0.25, 0.3) is 0 Å². The molecule has 0 aromatic carbocycles. The first-order valence-corrected chi connectivity index (χ1v) is 5.47. The minimum atomic E-state index is -0.339. The van der Waals surface area contributed by atoms with Gasteiger partial charge in [0.1, 0.15) is 0 Å². The van der Waals surface area contributed by atoms with Crippen LogP contribution in [0, 0.1) is 5.92 Å². The number of nitrogens with one attached hydrogen (secondary N) is 1. The van der Waals surface area contributed by atoms with Gasteiger partial charge in [-0.25, -0.2) is 0 Å². The molecule has 0 aliphatic carbocycles. The number of aromatic nitrogens is 2. The lowest BCUT2D eigenvalue weighted by molar-refractivity contribution is 0.0942. The summed E-state index contributed by atoms with van der Waals surface area (Å²) in [7, 11) is 0. The van der Waals surface area contributed by atoms with Crippen LogP contribution < -0.4 is 11.1 Å². The monoisotopic (exact) mass is 226 g/mol. The summed E-state index contributed by atoms with van der Waals surface area (Å²) in [6.45, 7) is 6.39. The second-order valence-corrected chi connectivity index (χ2v) is 3.73. The maximum Gasteiger partial charge on any atom is 0.292 e. The van der Waals surface area contributed by atoms with Crippen molar-refractivity contribution in [3.8, 4) is 0 Å². The number of carbonyl (C=O) groups is 1. The molecule has 0 saturated carbocycles. The Hall–Kier alpha value is -1.43. The molecular weight excluding hydrogens is 208 g/mol. The van der Waals surface area contributed by atoms with Crippen LogP contribution in [0.1, 0.15) is 49.7 Å². The highest BCUT2D eigenvalue weighted by Gasteiger charge is 2.22. The summed E-state index contributed by atoms with van der Waals surface area (Å²) in [6.07, 6.45) is 0.917. The summed E-state index contributed by atoms with van der Waals surface area (Å²) in [4.78, 5) is 15.4. The highest BCUT2D eigenvalue weighted by molar-refractivity contribution is 5.90. The number of nitrogens with zero attached hydrogens (tertiary/aromatic N) is 2. The standard InChI is InChI=1S/C10H18N4O2/c1-4-6(3)7(11)10-13-8(14-16-10)9(15)12-5-2/h6-7H,4-5,11H2,1-3H3,(H,12,15). The fourth-order valence-corrected chi connectivity index (χ4v) is 1.20. The number of rotatable bonds is 5. The van der Waals surface area contributed by atoms with Crippen molar-refractivity contribution in [2.75, 3.05) is 6.54 Å². The van der Waals surface area contributed by atoms with Crippen LogP contribution in [0.2, 0.25) is 0 Å². The maximum atomic E-state index is 11.4. The van der Waals surface area contributed by atoms with Crippen LogP contribution in [0.15, 0.2) is 4.52 Å². The molecule has 6 nitrogen and oxygen atoms in total. The topological polar surface area (TPSA) is 94.0 Å². The molecule has 6 heteroatoms. The van der Waals surface area contributed by atoms with Gasteiger partial charge in [0.15, 0.2) is 0 Å². The molecule has 1 amide bonds. The van der Waals surface area contributed by atoms with Gasteiger partial charge in [0.25, 0.3) is 11.7 Å².